The highest BCUT2D eigenvalue weighted by atomic mass is 16.5. The third-order valence-electron chi connectivity index (χ3n) is 2.17. The molecule has 0 aromatic rings. The zero-order chi connectivity index (χ0) is 9.68. The molecule has 0 aliphatic carbocycles. The summed E-state index contributed by atoms with van der Waals surface area (Å²) in [5.41, 5.74) is 0. The van der Waals surface area contributed by atoms with Gasteiger partial charge in [-0.05, 0) is 12.8 Å². The molecule has 1 rings (SSSR count). The Morgan fingerprint density at radius 1 is 1.62 bits per heavy atom. The number of likely N-dealkylation sites (N-methyl/N-ethyl adjacent to an activating group) is 1. The topological polar surface area (TPSA) is 41.6 Å². The quantitative estimate of drug-likeness (QED) is 0.663. The first-order chi connectivity index (χ1) is 6.20. The van der Waals surface area contributed by atoms with E-state index in [9.17, 15) is 4.79 Å². The van der Waals surface area contributed by atoms with E-state index in [0.717, 1.165) is 26.0 Å². The summed E-state index contributed by atoms with van der Waals surface area (Å²) in [5, 5.41) is 3.09. The zero-order valence-electron chi connectivity index (χ0n) is 8.38. The summed E-state index contributed by atoms with van der Waals surface area (Å²) < 4.78 is 5.41. The number of hydrogen-bond donors (Lipinski definition) is 1. The molecular weight excluding hydrogens is 168 g/mol. The van der Waals surface area contributed by atoms with E-state index in [2.05, 4.69) is 5.32 Å². The van der Waals surface area contributed by atoms with Gasteiger partial charge in [-0.3, -0.25) is 4.79 Å². The Balaban J connectivity index is 2.03. The second kappa shape index (κ2) is 5.19. The molecule has 1 aliphatic rings. The summed E-state index contributed by atoms with van der Waals surface area (Å²) >= 11 is 0. The first kappa shape index (κ1) is 10.5. The van der Waals surface area contributed by atoms with Gasteiger partial charge < -0.3 is 15.0 Å². The summed E-state index contributed by atoms with van der Waals surface area (Å²) in [6.07, 6.45) is 2.58. The molecule has 0 bridgehead atoms. The van der Waals surface area contributed by atoms with Gasteiger partial charge in [0.05, 0.1) is 12.6 Å². The summed E-state index contributed by atoms with van der Waals surface area (Å²) in [6.45, 7) is 2.07. The van der Waals surface area contributed by atoms with Crippen LogP contribution in [0.25, 0.3) is 0 Å². The SMILES string of the molecule is CN(C)C(=O)CNC[C@H]1CCCO1. The normalized spacial score (nSPS) is 21.8. The highest BCUT2D eigenvalue weighted by Crippen LogP contribution is 2.10. The van der Waals surface area contributed by atoms with E-state index < -0.39 is 0 Å². The van der Waals surface area contributed by atoms with Crippen molar-refractivity contribution in [3.05, 3.63) is 0 Å². The molecule has 1 fully saturated rings. The maximum absolute atomic E-state index is 11.1. The van der Waals surface area contributed by atoms with Crippen molar-refractivity contribution in [2.24, 2.45) is 0 Å². The van der Waals surface area contributed by atoms with Crippen LogP contribution < -0.4 is 5.32 Å². The third kappa shape index (κ3) is 3.74. The standard InChI is InChI=1S/C9H18N2O2/c1-11(2)9(12)7-10-6-8-4-3-5-13-8/h8,10H,3-7H2,1-2H3/t8-/m1/s1. The zero-order valence-corrected chi connectivity index (χ0v) is 8.38. The van der Waals surface area contributed by atoms with Crippen molar-refractivity contribution < 1.29 is 9.53 Å². The van der Waals surface area contributed by atoms with E-state index in [1.807, 2.05) is 0 Å². The molecule has 4 nitrogen and oxygen atoms in total. The Labute approximate surface area is 79.2 Å². The van der Waals surface area contributed by atoms with E-state index in [1.165, 1.54) is 0 Å². The summed E-state index contributed by atoms with van der Waals surface area (Å²) in [6, 6.07) is 0. The molecule has 0 aromatic carbocycles. The van der Waals surface area contributed by atoms with E-state index in [4.69, 9.17) is 4.74 Å². The Bertz CT molecular complexity index is 165. The Kier molecular flexibility index (Phi) is 4.18. The van der Waals surface area contributed by atoms with Crippen LogP contribution in [0.1, 0.15) is 12.8 Å². The summed E-state index contributed by atoms with van der Waals surface area (Å²) in [4.78, 5) is 12.7. The maximum atomic E-state index is 11.1. The van der Waals surface area contributed by atoms with E-state index in [-0.39, 0.29) is 5.91 Å². The molecule has 1 atom stereocenters. The molecule has 1 heterocycles. The maximum Gasteiger partial charge on any atom is 0.236 e. The largest absolute Gasteiger partial charge is 0.377 e. The summed E-state index contributed by atoms with van der Waals surface area (Å²) in [5.74, 6) is 0.109. The van der Waals surface area contributed by atoms with Crippen molar-refractivity contribution >= 4 is 5.91 Å². The first-order valence-corrected chi connectivity index (χ1v) is 4.72. The number of nitrogens with one attached hydrogen (secondary N) is 1. The predicted octanol–water partition coefficient (Wildman–Crippen LogP) is -0.157. The second-order valence-corrected chi connectivity index (χ2v) is 3.55. The van der Waals surface area contributed by atoms with Gasteiger partial charge >= 0.3 is 0 Å². The highest BCUT2D eigenvalue weighted by molar-refractivity contribution is 5.77. The van der Waals surface area contributed by atoms with E-state index in [1.54, 1.807) is 19.0 Å². The van der Waals surface area contributed by atoms with Crippen LogP contribution in [-0.4, -0.2) is 50.7 Å². The molecule has 13 heavy (non-hydrogen) atoms. The van der Waals surface area contributed by atoms with Gasteiger partial charge in [0.1, 0.15) is 0 Å². The molecule has 1 aliphatic heterocycles. The Morgan fingerprint density at radius 3 is 2.92 bits per heavy atom. The smallest absolute Gasteiger partial charge is 0.236 e. The minimum absolute atomic E-state index is 0.109. The molecule has 1 N–H and O–H groups in total. The van der Waals surface area contributed by atoms with Crippen molar-refractivity contribution in [2.75, 3.05) is 33.8 Å². The molecule has 1 saturated heterocycles. The number of carbonyl (C=O) groups is 1. The Morgan fingerprint density at radius 2 is 2.38 bits per heavy atom. The number of amides is 1. The molecule has 0 radical (unpaired) electrons. The lowest BCUT2D eigenvalue weighted by atomic mass is 10.2. The van der Waals surface area contributed by atoms with Gasteiger partial charge in [-0.15, -0.1) is 0 Å². The van der Waals surface area contributed by atoms with Gasteiger partial charge in [0.15, 0.2) is 0 Å². The van der Waals surface area contributed by atoms with Crippen LogP contribution in [0.5, 0.6) is 0 Å². The van der Waals surface area contributed by atoms with Crippen LogP contribution >= 0.6 is 0 Å². The highest BCUT2D eigenvalue weighted by Gasteiger charge is 2.15. The van der Waals surface area contributed by atoms with E-state index >= 15 is 0 Å². The number of carbonyl (C=O) groups excluding carboxylic acids is 1. The van der Waals surface area contributed by atoms with Crippen LogP contribution in [0.4, 0.5) is 0 Å². The van der Waals surface area contributed by atoms with Crippen LogP contribution in [0, 0.1) is 0 Å². The average Bonchev–Trinajstić information content (AvgIpc) is 2.56. The molecule has 0 unspecified atom stereocenters. The number of rotatable bonds is 4. The third-order valence-corrected chi connectivity index (χ3v) is 2.17. The second-order valence-electron chi connectivity index (χ2n) is 3.55. The van der Waals surface area contributed by atoms with E-state index in [0.29, 0.717) is 12.6 Å². The lowest BCUT2D eigenvalue weighted by Gasteiger charge is -2.13. The van der Waals surface area contributed by atoms with Gasteiger partial charge in [0, 0.05) is 27.2 Å². The molecule has 0 saturated carbocycles. The molecule has 76 valence electrons. The van der Waals surface area contributed by atoms with Gasteiger partial charge in [-0.1, -0.05) is 0 Å². The minimum atomic E-state index is 0.109. The molecule has 0 aromatic heterocycles. The average molecular weight is 186 g/mol. The van der Waals surface area contributed by atoms with Crippen molar-refractivity contribution in [3.63, 3.8) is 0 Å². The lowest BCUT2D eigenvalue weighted by Crippen LogP contribution is -2.36. The predicted molar refractivity (Wildman–Crippen MR) is 50.5 cm³/mol. The van der Waals surface area contributed by atoms with Gasteiger partial charge in [0.25, 0.3) is 0 Å². The van der Waals surface area contributed by atoms with Crippen molar-refractivity contribution in [1.29, 1.82) is 0 Å². The molecule has 4 heteroatoms. The molecule has 0 spiro atoms. The van der Waals surface area contributed by atoms with Crippen LogP contribution in [-0.2, 0) is 9.53 Å². The minimum Gasteiger partial charge on any atom is -0.377 e. The van der Waals surface area contributed by atoms with Crippen molar-refractivity contribution in [1.82, 2.24) is 10.2 Å². The molecule has 1 amide bonds. The van der Waals surface area contributed by atoms with Gasteiger partial charge in [-0.2, -0.15) is 0 Å². The fraction of sp³-hybridized carbons (Fsp3) is 0.889. The summed E-state index contributed by atoms with van der Waals surface area (Å²) in [7, 11) is 3.52. The lowest BCUT2D eigenvalue weighted by molar-refractivity contribution is -0.127. The van der Waals surface area contributed by atoms with Crippen LogP contribution in [0.2, 0.25) is 0 Å². The van der Waals surface area contributed by atoms with Crippen molar-refractivity contribution in [2.45, 2.75) is 18.9 Å². The van der Waals surface area contributed by atoms with Gasteiger partial charge in [-0.25, -0.2) is 0 Å². The number of ether oxygens (including phenoxy) is 1. The monoisotopic (exact) mass is 186 g/mol. The molecular formula is C9H18N2O2. The fourth-order valence-electron chi connectivity index (χ4n) is 1.30. The number of nitrogens with zero attached hydrogens (tertiary/aromatic N) is 1. The van der Waals surface area contributed by atoms with Gasteiger partial charge in [0.2, 0.25) is 5.91 Å². The van der Waals surface area contributed by atoms with Crippen LogP contribution in [0.3, 0.4) is 0 Å². The fourth-order valence-corrected chi connectivity index (χ4v) is 1.30. The number of hydrogen-bond acceptors (Lipinski definition) is 3. The van der Waals surface area contributed by atoms with Crippen LogP contribution in [0.15, 0.2) is 0 Å². The van der Waals surface area contributed by atoms with Crippen molar-refractivity contribution in [3.8, 4) is 0 Å². The first-order valence-electron chi connectivity index (χ1n) is 4.72. The Hall–Kier alpha value is -0.610.